The van der Waals surface area contributed by atoms with E-state index in [-0.39, 0.29) is 47.6 Å². The fourth-order valence-electron chi connectivity index (χ4n) is 4.21. The van der Waals surface area contributed by atoms with Crippen LogP contribution in [0.15, 0.2) is 29.3 Å². The van der Waals surface area contributed by atoms with Crippen LogP contribution in [0, 0.1) is 11.3 Å². The fourth-order valence-corrected chi connectivity index (χ4v) is 4.21. The molecule has 1 aliphatic carbocycles. The molecule has 0 radical (unpaired) electrons. The molecule has 2 N–H and O–H groups in total. The van der Waals surface area contributed by atoms with Crippen LogP contribution in [0.2, 0.25) is 0 Å². The Bertz CT molecular complexity index is 693. The molecule has 0 aromatic heterocycles. The summed E-state index contributed by atoms with van der Waals surface area (Å²) in [6.45, 7) is 6.95. The molecule has 1 aromatic carbocycles. The molecule has 2 fully saturated rings. The first kappa shape index (κ1) is 22.3. The number of hydrogen-bond acceptors (Lipinski definition) is 2. The average Bonchev–Trinajstić information content (AvgIpc) is 3.04. The molecule has 1 saturated heterocycles. The lowest BCUT2D eigenvalue weighted by atomic mass is 9.57. The molecule has 0 spiro atoms. The van der Waals surface area contributed by atoms with E-state index in [0.717, 1.165) is 19.1 Å². The second-order valence-corrected chi connectivity index (χ2v) is 7.75. The average molecular weight is 497 g/mol. The normalized spacial score (nSPS) is 27.8. The zero-order valence-electron chi connectivity index (χ0n) is 15.9. The van der Waals surface area contributed by atoms with Crippen molar-refractivity contribution in [3.8, 4) is 0 Å². The molecule has 4 atom stereocenters. The molecule has 1 aliphatic heterocycles. The third-order valence-corrected chi connectivity index (χ3v) is 5.68. The number of alkyl halides is 3. The van der Waals surface area contributed by atoms with Gasteiger partial charge >= 0.3 is 6.18 Å². The van der Waals surface area contributed by atoms with Gasteiger partial charge in [-0.25, -0.2) is 0 Å². The lowest BCUT2D eigenvalue weighted by Crippen LogP contribution is -2.68. The van der Waals surface area contributed by atoms with Crippen molar-refractivity contribution >= 4 is 29.9 Å². The van der Waals surface area contributed by atoms with E-state index in [1.54, 1.807) is 13.1 Å². The standard InChI is InChI=1S/C19H26F3N3O.HI/c1-11(12-6-5-7-13(10-12)19(20,21)22)24-17(23-4)25-15-14-8-9-26-16(14)18(15,2)3;/h5-7,10-11,14-16H,8-9H2,1-4H3,(H2,23,24,25);1H. The van der Waals surface area contributed by atoms with E-state index in [2.05, 4.69) is 29.5 Å². The number of hydrogen-bond donors (Lipinski definition) is 2. The molecule has 1 heterocycles. The van der Waals surface area contributed by atoms with Crippen molar-refractivity contribution < 1.29 is 17.9 Å². The number of aliphatic imine (C=N–C) groups is 1. The van der Waals surface area contributed by atoms with Gasteiger partial charge in [0.1, 0.15) is 0 Å². The van der Waals surface area contributed by atoms with Crippen LogP contribution in [0.5, 0.6) is 0 Å². The van der Waals surface area contributed by atoms with E-state index in [0.29, 0.717) is 17.4 Å². The summed E-state index contributed by atoms with van der Waals surface area (Å²) in [4.78, 5) is 4.26. The Hall–Kier alpha value is -1.03. The highest BCUT2D eigenvalue weighted by Crippen LogP contribution is 2.52. The molecule has 0 bridgehead atoms. The zero-order chi connectivity index (χ0) is 19.1. The van der Waals surface area contributed by atoms with Crippen LogP contribution >= 0.6 is 24.0 Å². The third kappa shape index (κ3) is 4.36. The van der Waals surface area contributed by atoms with Crippen molar-refractivity contribution in [2.45, 2.75) is 51.6 Å². The van der Waals surface area contributed by atoms with Crippen LogP contribution in [0.3, 0.4) is 0 Å². The number of halogens is 4. The molecule has 27 heavy (non-hydrogen) atoms. The van der Waals surface area contributed by atoms with E-state index >= 15 is 0 Å². The SMILES string of the molecule is CN=C(NC(C)c1cccc(C(F)(F)F)c1)NC1C2CCOC2C1(C)C.I. The monoisotopic (exact) mass is 497 g/mol. The van der Waals surface area contributed by atoms with Gasteiger partial charge in [0, 0.05) is 31.0 Å². The smallest absolute Gasteiger partial charge is 0.377 e. The van der Waals surface area contributed by atoms with Gasteiger partial charge in [0.15, 0.2) is 5.96 Å². The minimum atomic E-state index is -4.34. The minimum Gasteiger partial charge on any atom is -0.377 e. The molecule has 4 unspecified atom stereocenters. The largest absolute Gasteiger partial charge is 0.416 e. The van der Waals surface area contributed by atoms with Crippen LogP contribution in [0.25, 0.3) is 0 Å². The number of nitrogens with zero attached hydrogens (tertiary/aromatic N) is 1. The quantitative estimate of drug-likeness (QED) is 0.371. The van der Waals surface area contributed by atoms with Crippen LogP contribution in [0.4, 0.5) is 13.2 Å². The van der Waals surface area contributed by atoms with Crippen LogP contribution in [-0.4, -0.2) is 31.8 Å². The Balaban J connectivity index is 0.00000261. The van der Waals surface area contributed by atoms with E-state index in [1.165, 1.54) is 12.1 Å². The Morgan fingerprint density at radius 2 is 2.04 bits per heavy atom. The predicted molar refractivity (Wildman–Crippen MR) is 110 cm³/mol. The first-order valence-corrected chi connectivity index (χ1v) is 8.93. The maximum atomic E-state index is 12.9. The van der Waals surface area contributed by atoms with Gasteiger partial charge < -0.3 is 15.4 Å². The van der Waals surface area contributed by atoms with Gasteiger partial charge in [-0.05, 0) is 31.0 Å². The zero-order valence-corrected chi connectivity index (χ0v) is 18.3. The molecule has 1 aromatic rings. The van der Waals surface area contributed by atoms with Gasteiger partial charge in [0.05, 0.1) is 17.7 Å². The van der Waals surface area contributed by atoms with Gasteiger partial charge in [-0.15, -0.1) is 24.0 Å². The topological polar surface area (TPSA) is 45.7 Å². The maximum Gasteiger partial charge on any atom is 0.416 e. The highest BCUT2D eigenvalue weighted by atomic mass is 127. The number of benzene rings is 1. The second-order valence-electron chi connectivity index (χ2n) is 7.75. The molecule has 152 valence electrons. The summed E-state index contributed by atoms with van der Waals surface area (Å²) in [5.41, 5.74) is -0.0755. The van der Waals surface area contributed by atoms with Crippen molar-refractivity contribution in [3.63, 3.8) is 0 Å². The summed E-state index contributed by atoms with van der Waals surface area (Å²) in [5.74, 6) is 1.05. The van der Waals surface area contributed by atoms with Crippen molar-refractivity contribution in [1.82, 2.24) is 10.6 Å². The molecule has 4 nitrogen and oxygen atoms in total. The van der Waals surface area contributed by atoms with E-state index < -0.39 is 11.7 Å². The van der Waals surface area contributed by atoms with Gasteiger partial charge in [-0.3, -0.25) is 4.99 Å². The summed E-state index contributed by atoms with van der Waals surface area (Å²) in [7, 11) is 1.67. The van der Waals surface area contributed by atoms with E-state index in [4.69, 9.17) is 4.74 Å². The number of nitrogens with one attached hydrogen (secondary N) is 2. The van der Waals surface area contributed by atoms with Crippen LogP contribution in [-0.2, 0) is 10.9 Å². The third-order valence-electron chi connectivity index (χ3n) is 5.68. The van der Waals surface area contributed by atoms with E-state index in [1.807, 2.05) is 6.92 Å². The van der Waals surface area contributed by atoms with E-state index in [9.17, 15) is 13.2 Å². The summed E-state index contributed by atoms with van der Waals surface area (Å²) in [5, 5.41) is 6.66. The molecule has 1 saturated carbocycles. The summed E-state index contributed by atoms with van der Waals surface area (Å²) >= 11 is 0. The highest BCUT2D eigenvalue weighted by molar-refractivity contribution is 14.0. The van der Waals surface area contributed by atoms with Crippen LogP contribution < -0.4 is 10.6 Å². The van der Waals surface area contributed by atoms with Crippen LogP contribution in [0.1, 0.15) is 44.4 Å². The number of ether oxygens (including phenoxy) is 1. The molecular formula is C19H27F3IN3O. The van der Waals surface area contributed by atoms with Gasteiger partial charge in [0.2, 0.25) is 0 Å². The van der Waals surface area contributed by atoms with Gasteiger partial charge in [-0.1, -0.05) is 26.0 Å². The van der Waals surface area contributed by atoms with Crippen molar-refractivity contribution in [2.75, 3.05) is 13.7 Å². The Morgan fingerprint density at radius 3 is 2.67 bits per heavy atom. The Kier molecular flexibility index (Phi) is 6.72. The summed E-state index contributed by atoms with van der Waals surface area (Å²) in [6, 6.07) is 5.31. The first-order chi connectivity index (χ1) is 12.1. The van der Waals surface area contributed by atoms with Gasteiger partial charge in [-0.2, -0.15) is 13.2 Å². The molecular weight excluding hydrogens is 470 g/mol. The minimum absolute atomic E-state index is 0. The Labute approximate surface area is 175 Å². The number of rotatable bonds is 3. The summed E-state index contributed by atoms with van der Waals surface area (Å²) < 4.78 is 44.6. The van der Waals surface area contributed by atoms with Gasteiger partial charge in [0.25, 0.3) is 0 Å². The predicted octanol–water partition coefficient (Wildman–Crippen LogP) is 4.36. The maximum absolute atomic E-state index is 12.9. The fraction of sp³-hybridized carbons (Fsp3) is 0.632. The number of guanidine groups is 1. The molecule has 2 aliphatic rings. The van der Waals surface area contributed by atoms with Crippen molar-refractivity contribution in [2.24, 2.45) is 16.3 Å². The lowest BCUT2D eigenvalue weighted by Gasteiger charge is -2.55. The lowest BCUT2D eigenvalue weighted by molar-refractivity contribution is -0.137. The number of fused-ring (bicyclic) bond motifs is 1. The molecule has 8 heteroatoms. The highest BCUT2D eigenvalue weighted by Gasteiger charge is 2.59. The first-order valence-electron chi connectivity index (χ1n) is 8.93. The van der Waals surface area contributed by atoms with Crippen molar-refractivity contribution in [1.29, 1.82) is 0 Å². The Morgan fingerprint density at radius 1 is 1.33 bits per heavy atom. The molecule has 3 rings (SSSR count). The molecule has 0 amide bonds. The van der Waals surface area contributed by atoms with Crippen molar-refractivity contribution in [3.05, 3.63) is 35.4 Å². The summed E-state index contributed by atoms with van der Waals surface area (Å²) in [6.07, 6.45) is -3.06. The second kappa shape index (κ2) is 8.14.